The fourth-order valence-electron chi connectivity index (χ4n) is 4.39. The standard InChI is InChI=1S/C26H34N2OS2/c1-5-18(4)9-8-10-19(29)15-23-25(26-27-21-11-6-7-12-22(21)31-26)20-13-14-28(17(2)3)16-24(20)30-23/h6-7,11-12,17-18H,5,8-10,13-16H2,1-4H3/t18-/m0/s1. The minimum atomic E-state index is 0.380. The summed E-state index contributed by atoms with van der Waals surface area (Å²) >= 11 is 3.64. The van der Waals surface area contributed by atoms with Gasteiger partial charge in [0, 0.05) is 47.3 Å². The quantitative estimate of drug-likeness (QED) is 0.345. The van der Waals surface area contributed by atoms with Crippen molar-refractivity contribution in [3.8, 4) is 10.6 Å². The smallest absolute Gasteiger partial charge is 0.138 e. The van der Waals surface area contributed by atoms with E-state index in [4.69, 9.17) is 4.98 Å². The molecular formula is C26H34N2OS2. The summed E-state index contributed by atoms with van der Waals surface area (Å²) in [4.78, 5) is 23.1. The number of fused-ring (bicyclic) bond motifs is 2. The first-order chi connectivity index (χ1) is 15.0. The number of hydrogen-bond donors (Lipinski definition) is 0. The summed E-state index contributed by atoms with van der Waals surface area (Å²) in [6.07, 6.45) is 5.67. The zero-order chi connectivity index (χ0) is 22.0. The van der Waals surface area contributed by atoms with Crippen LogP contribution in [0.1, 0.15) is 68.7 Å². The Morgan fingerprint density at radius 2 is 2.00 bits per heavy atom. The Bertz CT molecular complexity index is 1020. The molecule has 0 fully saturated rings. The predicted octanol–water partition coefficient (Wildman–Crippen LogP) is 7.12. The molecule has 0 unspecified atom stereocenters. The van der Waals surface area contributed by atoms with Gasteiger partial charge in [0.1, 0.15) is 10.8 Å². The number of thiazole rings is 1. The van der Waals surface area contributed by atoms with E-state index >= 15 is 0 Å². The van der Waals surface area contributed by atoms with Crippen LogP contribution >= 0.6 is 22.7 Å². The maximum absolute atomic E-state index is 12.9. The molecule has 0 N–H and O–H groups in total. The van der Waals surface area contributed by atoms with Crippen LogP contribution in [0.5, 0.6) is 0 Å². The highest BCUT2D eigenvalue weighted by molar-refractivity contribution is 7.22. The molecule has 0 aliphatic carbocycles. The van der Waals surface area contributed by atoms with E-state index in [2.05, 4.69) is 56.9 Å². The van der Waals surface area contributed by atoms with Crippen LogP contribution < -0.4 is 0 Å². The van der Waals surface area contributed by atoms with Crippen LogP contribution in [-0.4, -0.2) is 28.3 Å². The second kappa shape index (κ2) is 9.93. The van der Waals surface area contributed by atoms with E-state index in [0.717, 1.165) is 42.9 Å². The Balaban J connectivity index is 1.63. The lowest BCUT2D eigenvalue weighted by Gasteiger charge is -2.30. The minimum Gasteiger partial charge on any atom is -0.299 e. The van der Waals surface area contributed by atoms with Crippen molar-refractivity contribution in [1.82, 2.24) is 9.88 Å². The second-order valence-corrected chi connectivity index (χ2v) is 11.4. The molecule has 1 aliphatic heterocycles. The molecule has 1 atom stereocenters. The molecule has 166 valence electrons. The van der Waals surface area contributed by atoms with E-state index < -0.39 is 0 Å². The van der Waals surface area contributed by atoms with Gasteiger partial charge in [-0.15, -0.1) is 22.7 Å². The Labute approximate surface area is 194 Å². The average Bonchev–Trinajstić information content (AvgIpc) is 3.33. The third kappa shape index (κ3) is 5.10. The van der Waals surface area contributed by atoms with Crippen LogP contribution in [0, 0.1) is 5.92 Å². The molecule has 0 saturated heterocycles. The van der Waals surface area contributed by atoms with E-state index in [-0.39, 0.29) is 0 Å². The van der Waals surface area contributed by atoms with Crippen LogP contribution in [0.25, 0.3) is 20.8 Å². The van der Waals surface area contributed by atoms with Crippen molar-refractivity contribution in [3.05, 3.63) is 39.6 Å². The first-order valence-electron chi connectivity index (χ1n) is 11.7. The largest absolute Gasteiger partial charge is 0.299 e. The second-order valence-electron chi connectivity index (χ2n) is 9.22. The molecule has 0 bridgehead atoms. The van der Waals surface area contributed by atoms with Gasteiger partial charge in [0.25, 0.3) is 0 Å². The van der Waals surface area contributed by atoms with Crippen molar-refractivity contribution < 1.29 is 4.79 Å². The molecule has 0 amide bonds. The van der Waals surface area contributed by atoms with Crippen molar-refractivity contribution in [2.45, 2.75) is 78.8 Å². The molecule has 0 saturated carbocycles. The summed E-state index contributed by atoms with van der Waals surface area (Å²) in [5.74, 6) is 1.09. The van der Waals surface area contributed by atoms with Gasteiger partial charge in [-0.2, -0.15) is 0 Å². The lowest BCUT2D eigenvalue weighted by molar-refractivity contribution is -0.118. The summed E-state index contributed by atoms with van der Waals surface area (Å²) in [6, 6.07) is 8.92. The Morgan fingerprint density at radius 3 is 2.74 bits per heavy atom. The highest BCUT2D eigenvalue weighted by Crippen LogP contribution is 2.43. The van der Waals surface area contributed by atoms with Gasteiger partial charge in [-0.25, -0.2) is 4.98 Å². The maximum atomic E-state index is 12.9. The molecular weight excluding hydrogens is 420 g/mol. The van der Waals surface area contributed by atoms with Gasteiger partial charge in [0.05, 0.1) is 10.2 Å². The first-order valence-corrected chi connectivity index (χ1v) is 13.3. The highest BCUT2D eigenvalue weighted by Gasteiger charge is 2.28. The number of rotatable bonds is 9. The fraction of sp³-hybridized carbons (Fsp3) is 0.538. The van der Waals surface area contributed by atoms with Gasteiger partial charge in [-0.1, -0.05) is 38.8 Å². The zero-order valence-corrected chi connectivity index (χ0v) is 20.9. The third-order valence-corrected chi connectivity index (χ3v) is 8.88. The Kier molecular flexibility index (Phi) is 7.25. The molecule has 3 aromatic rings. The van der Waals surface area contributed by atoms with Gasteiger partial charge in [-0.3, -0.25) is 9.69 Å². The summed E-state index contributed by atoms with van der Waals surface area (Å²) < 4.78 is 1.22. The van der Waals surface area contributed by atoms with E-state index in [9.17, 15) is 4.79 Å². The maximum Gasteiger partial charge on any atom is 0.138 e. The van der Waals surface area contributed by atoms with Gasteiger partial charge >= 0.3 is 0 Å². The van der Waals surface area contributed by atoms with Crippen LogP contribution in [0.15, 0.2) is 24.3 Å². The van der Waals surface area contributed by atoms with Gasteiger partial charge < -0.3 is 0 Å². The van der Waals surface area contributed by atoms with Crippen molar-refractivity contribution in [1.29, 1.82) is 0 Å². The van der Waals surface area contributed by atoms with Crippen LogP contribution in [0.3, 0.4) is 0 Å². The zero-order valence-electron chi connectivity index (χ0n) is 19.2. The number of Topliss-reactive ketones (excluding diaryl/α,β-unsaturated/α-hetero) is 1. The summed E-state index contributed by atoms with van der Waals surface area (Å²) in [5.41, 5.74) is 3.79. The normalized spacial score (nSPS) is 15.5. The predicted molar refractivity (Wildman–Crippen MR) is 134 cm³/mol. The van der Waals surface area contributed by atoms with Crippen LogP contribution in [0.4, 0.5) is 0 Å². The molecule has 5 heteroatoms. The molecule has 0 spiro atoms. The number of para-hydroxylation sites is 1. The van der Waals surface area contributed by atoms with Gasteiger partial charge in [0.15, 0.2) is 0 Å². The Hall–Kier alpha value is -1.56. The molecule has 3 nitrogen and oxygen atoms in total. The molecule has 1 aliphatic rings. The molecule has 4 rings (SSSR count). The van der Waals surface area contributed by atoms with Crippen LogP contribution in [0.2, 0.25) is 0 Å². The topological polar surface area (TPSA) is 33.2 Å². The number of carbonyl (C=O) groups excluding carboxylic acids is 1. The number of ketones is 1. The van der Waals surface area contributed by atoms with E-state index in [1.807, 2.05) is 11.3 Å². The summed E-state index contributed by atoms with van der Waals surface area (Å²) in [5, 5.41) is 1.10. The molecule has 3 heterocycles. The van der Waals surface area contributed by atoms with E-state index in [1.165, 1.54) is 32.0 Å². The molecule has 0 radical (unpaired) electrons. The average molecular weight is 455 g/mol. The molecule has 31 heavy (non-hydrogen) atoms. The van der Waals surface area contributed by atoms with Crippen molar-refractivity contribution in [2.24, 2.45) is 5.92 Å². The minimum absolute atomic E-state index is 0.380. The van der Waals surface area contributed by atoms with Crippen molar-refractivity contribution in [3.63, 3.8) is 0 Å². The molecule has 2 aromatic heterocycles. The number of aromatic nitrogens is 1. The molecule has 1 aromatic carbocycles. The van der Waals surface area contributed by atoms with E-state index in [1.54, 1.807) is 11.3 Å². The van der Waals surface area contributed by atoms with Crippen molar-refractivity contribution in [2.75, 3.05) is 6.54 Å². The van der Waals surface area contributed by atoms with Crippen molar-refractivity contribution >= 4 is 38.7 Å². The fourth-order valence-corrected chi connectivity index (χ4v) is 6.93. The van der Waals surface area contributed by atoms with Crippen LogP contribution in [-0.2, 0) is 24.2 Å². The SMILES string of the molecule is CC[C@H](C)CCCC(=O)Cc1sc2c(c1-c1nc3ccccc3s1)CCN(C(C)C)C2. The van der Waals surface area contributed by atoms with Gasteiger partial charge in [-0.05, 0) is 50.3 Å². The number of carbonyl (C=O) groups is 1. The number of nitrogens with zero attached hydrogens (tertiary/aromatic N) is 2. The summed E-state index contributed by atoms with van der Waals surface area (Å²) in [7, 11) is 0. The first kappa shape index (κ1) is 22.6. The third-order valence-electron chi connectivity index (χ3n) is 6.60. The number of benzene rings is 1. The number of hydrogen-bond acceptors (Lipinski definition) is 5. The monoisotopic (exact) mass is 454 g/mol. The Morgan fingerprint density at radius 1 is 1.19 bits per heavy atom. The van der Waals surface area contributed by atoms with E-state index in [0.29, 0.717) is 30.6 Å². The van der Waals surface area contributed by atoms with Gasteiger partial charge in [0.2, 0.25) is 0 Å². The highest BCUT2D eigenvalue weighted by atomic mass is 32.1. The summed E-state index contributed by atoms with van der Waals surface area (Å²) in [6.45, 7) is 11.1. The lowest BCUT2D eigenvalue weighted by Crippen LogP contribution is -2.35. The number of thiophene rings is 1. The lowest BCUT2D eigenvalue weighted by atomic mass is 9.97.